The minimum atomic E-state index is -0.931. The molecule has 0 heterocycles. The average Bonchev–Trinajstić information content (AvgIpc) is 2.88. The van der Waals surface area contributed by atoms with Crippen LogP contribution in [0, 0.1) is 0 Å². The maximum Gasteiger partial charge on any atom is 0.343 e. The highest BCUT2D eigenvalue weighted by atomic mass is 79.9. The second-order valence-electron chi connectivity index (χ2n) is 10.1. The minimum Gasteiger partial charge on any atom is -0.419 e. The van der Waals surface area contributed by atoms with Gasteiger partial charge in [0.2, 0.25) is 11.8 Å². The molecule has 0 bridgehead atoms. The molecule has 41 heavy (non-hydrogen) atoms. The van der Waals surface area contributed by atoms with Crippen molar-refractivity contribution in [2.45, 2.75) is 46.3 Å². The van der Waals surface area contributed by atoms with Gasteiger partial charge in [0.1, 0.15) is 0 Å². The van der Waals surface area contributed by atoms with Gasteiger partial charge >= 0.3 is 11.9 Å². The highest BCUT2D eigenvalue weighted by Gasteiger charge is 2.20. The number of esters is 2. The summed E-state index contributed by atoms with van der Waals surface area (Å²) in [6, 6.07) is 16.7. The predicted molar refractivity (Wildman–Crippen MR) is 161 cm³/mol. The van der Waals surface area contributed by atoms with Gasteiger partial charge in [-0.1, -0.05) is 6.07 Å². The number of hydrogen-bond acceptors (Lipinski definition) is 8. The van der Waals surface area contributed by atoms with E-state index in [1.807, 2.05) is 20.8 Å². The van der Waals surface area contributed by atoms with E-state index in [-0.39, 0.29) is 63.5 Å². The molecule has 0 aliphatic rings. The molecule has 4 N–H and O–H groups in total. The molecule has 3 rings (SSSR count). The van der Waals surface area contributed by atoms with Crippen LogP contribution in [0.3, 0.4) is 0 Å². The zero-order valence-corrected chi connectivity index (χ0v) is 25.2. The Morgan fingerprint density at radius 2 is 1.17 bits per heavy atom. The normalized spacial score (nSPS) is 11.5. The van der Waals surface area contributed by atoms with Crippen LogP contribution in [0.4, 0.5) is 11.4 Å². The molecule has 0 aliphatic heterocycles. The molecule has 1 atom stereocenters. The number of aliphatic hydroxyl groups is 1. The minimum absolute atomic E-state index is 0. The molecule has 11 heteroatoms. The summed E-state index contributed by atoms with van der Waals surface area (Å²) >= 11 is 0. The van der Waals surface area contributed by atoms with E-state index in [2.05, 4.69) is 16.0 Å². The van der Waals surface area contributed by atoms with Gasteiger partial charge in [0, 0.05) is 37.3 Å². The molecule has 218 valence electrons. The number of ether oxygens (including phenoxy) is 2. The van der Waals surface area contributed by atoms with Crippen LogP contribution in [-0.4, -0.2) is 40.9 Å². The van der Waals surface area contributed by atoms with Gasteiger partial charge in [-0.3, -0.25) is 9.59 Å². The number of halogens is 1. The summed E-state index contributed by atoms with van der Waals surface area (Å²) < 4.78 is 11.2. The van der Waals surface area contributed by atoms with Crippen molar-refractivity contribution in [3.63, 3.8) is 0 Å². The zero-order chi connectivity index (χ0) is 29.4. The smallest absolute Gasteiger partial charge is 0.343 e. The monoisotopic (exact) mass is 627 g/mol. The lowest BCUT2D eigenvalue weighted by Crippen LogP contribution is -2.38. The standard InChI is InChI=1S/C30H33N3O7.BrH/c1-18(34)32-23-11-6-20(7-12-23)28(37)39-26-15-10-22(25(36)17-31-30(3,4)5)16-27(26)40-29(38)21-8-13-24(14-9-21)33-19(2)35;/h6-16,25,31,36H,17H2,1-5H3,(H,32,34)(H,33,35);1H. The molecular weight excluding hydrogens is 594 g/mol. The van der Waals surface area contributed by atoms with Crippen molar-refractivity contribution in [1.29, 1.82) is 0 Å². The lowest BCUT2D eigenvalue weighted by atomic mass is 10.1. The Bertz CT molecular complexity index is 1380. The van der Waals surface area contributed by atoms with Crippen molar-refractivity contribution in [2.24, 2.45) is 0 Å². The van der Waals surface area contributed by atoms with Gasteiger partial charge in [0.25, 0.3) is 0 Å². The highest BCUT2D eigenvalue weighted by Crippen LogP contribution is 2.32. The van der Waals surface area contributed by atoms with Gasteiger partial charge in [-0.15, -0.1) is 17.0 Å². The highest BCUT2D eigenvalue weighted by molar-refractivity contribution is 8.93. The molecular formula is C30H34BrN3O7. The van der Waals surface area contributed by atoms with Crippen molar-refractivity contribution in [3.05, 3.63) is 83.4 Å². The van der Waals surface area contributed by atoms with Crippen LogP contribution in [0.2, 0.25) is 0 Å². The van der Waals surface area contributed by atoms with Crippen molar-refractivity contribution in [2.75, 3.05) is 17.2 Å². The van der Waals surface area contributed by atoms with E-state index < -0.39 is 18.0 Å². The molecule has 0 spiro atoms. The van der Waals surface area contributed by atoms with Gasteiger partial charge in [0.15, 0.2) is 11.5 Å². The third kappa shape index (κ3) is 10.5. The second-order valence-corrected chi connectivity index (χ2v) is 10.1. The Morgan fingerprint density at radius 1 is 0.732 bits per heavy atom. The van der Waals surface area contributed by atoms with E-state index in [4.69, 9.17) is 9.47 Å². The van der Waals surface area contributed by atoms with Crippen molar-refractivity contribution >= 4 is 52.1 Å². The summed E-state index contributed by atoms with van der Waals surface area (Å²) in [6.07, 6.45) is -0.931. The predicted octanol–water partition coefficient (Wildman–Crippen LogP) is 5.04. The first kappa shape index (κ1) is 33.1. The SMILES string of the molecule is Br.CC(=O)Nc1ccc(C(=O)Oc2ccc(C(O)CNC(C)(C)C)cc2OC(=O)c2ccc(NC(C)=O)cc2)cc1. The Kier molecular flexibility index (Phi) is 11.8. The number of carbonyl (C=O) groups is 4. The van der Waals surface area contributed by atoms with Crippen molar-refractivity contribution in [3.8, 4) is 11.5 Å². The summed E-state index contributed by atoms with van der Waals surface area (Å²) in [5.41, 5.74) is 1.65. The van der Waals surface area contributed by atoms with Crippen molar-refractivity contribution < 1.29 is 33.8 Å². The maximum absolute atomic E-state index is 13.0. The molecule has 3 aromatic carbocycles. The summed E-state index contributed by atoms with van der Waals surface area (Å²) in [5, 5.41) is 19.2. The van der Waals surface area contributed by atoms with Crippen LogP contribution in [0.5, 0.6) is 11.5 Å². The zero-order valence-electron chi connectivity index (χ0n) is 23.4. The number of nitrogens with one attached hydrogen (secondary N) is 3. The van der Waals surface area contributed by atoms with E-state index in [9.17, 15) is 24.3 Å². The Morgan fingerprint density at radius 3 is 1.59 bits per heavy atom. The summed E-state index contributed by atoms with van der Waals surface area (Å²) in [7, 11) is 0. The van der Waals surface area contributed by atoms with Crippen LogP contribution in [0.1, 0.15) is 67.0 Å². The van der Waals surface area contributed by atoms with E-state index in [0.717, 1.165) is 0 Å². The molecule has 10 nitrogen and oxygen atoms in total. The summed E-state index contributed by atoms with van der Waals surface area (Å²) in [5.74, 6) is -2.03. The number of carbonyl (C=O) groups excluding carboxylic acids is 4. The number of rotatable bonds is 9. The van der Waals surface area contributed by atoms with E-state index in [0.29, 0.717) is 16.9 Å². The van der Waals surface area contributed by atoms with E-state index >= 15 is 0 Å². The third-order valence-electron chi connectivity index (χ3n) is 5.47. The van der Waals surface area contributed by atoms with E-state index in [1.54, 1.807) is 30.3 Å². The van der Waals surface area contributed by atoms with Gasteiger partial charge in [-0.25, -0.2) is 9.59 Å². The number of amides is 2. The number of anilines is 2. The number of hydrogen-bond donors (Lipinski definition) is 4. The Labute approximate surface area is 249 Å². The van der Waals surface area contributed by atoms with Gasteiger partial charge in [0.05, 0.1) is 17.2 Å². The third-order valence-corrected chi connectivity index (χ3v) is 5.47. The lowest BCUT2D eigenvalue weighted by molar-refractivity contribution is -0.115. The largest absolute Gasteiger partial charge is 0.419 e. The summed E-state index contributed by atoms with van der Waals surface area (Å²) in [6.45, 7) is 8.89. The fourth-order valence-electron chi connectivity index (χ4n) is 3.52. The van der Waals surface area contributed by atoms with Gasteiger partial charge in [-0.05, 0) is 87.0 Å². The van der Waals surface area contributed by atoms with Crippen molar-refractivity contribution in [1.82, 2.24) is 5.32 Å². The molecule has 0 radical (unpaired) electrons. The van der Waals surface area contributed by atoms with Crippen LogP contribution in [0.25, 0.3) is 0 Å². The quantitative estimate of drug-likeness (QED) is 0.191. The number of benzene rings is 3. The second kappa shape index (κ2) is 14.5. The lowest BCUT2D eigenvalue weighted by Gasteiger charge is -2.23. The Balaban J connectivity index is 0.00000588. The molecule has 2 amide bonds. The molecule has 3 aromatic rings. The van der Waals surface area contributed by atoms with Gasteiger partial charge < -0.3 is 30.5 Å². The number of β-amino-alcohol motifs (C(OH)–C–C–N with tert-alkyl or cyclic N) is 1. The first-order valence-electron chi connectivity index (χ1n) is 12.6. The summed E-state index contributed by atoms with van der Waals surface area (Å²) in [4.78, 5) is 48.3. The fourth-order valence-corrected chi connectivity index (χ4v) is 3.52. The number of aliphatic hydroxyl groups excluding tert-OH is 1. The van der Waals surface area contributed by atoms with Gasteiger partial charge in [-0.2, -0.15) is 0 Å². The van der Waals surface area contributed by atoms with Crippen LogP contribution in [-0.2, 0) is 9.59 Å². The maximum atomic E-state index is 13.0. The van der Waals surface area contributed by atoms with E-state index in [1.165, 1.54) is 50.2 Å². The molecule has 0 aromatic heterocycles. The fraction of sp³-hybridized carbons (Fsp3) is 0.267. The molecule has 0 saturated heterocycles. The Hall–Kier alpha value is -4.06. The molecule has 0 fully saturated rings. The topological polar surface area (TPSA) is 143 Å². The first-order chi connectivity index (χ1) is 18.8. The van der Waals surface area contributed by atoms with Crippen LogP contribution >= 0.6 is 17.0 Å². The molecule has 0 saturated carbocycles. The first-order valence-corrected chi connectivity index (χ1v) is 12.6. The molecule has 0 aliphatic carbocycles. The molecule has 1 unspecified atom stereocenters. The van der Waals surface area contributed by atoms with Crippen LogP contribution < -0.4 is 25.4 Å². The van der Waals surface area contributed by atoms with Crippen LogP contribution in [0.15, 0.2) is 66.7 Å². The average molecular weight is 629 g/mol.